The molecule has 0 saturated heterocycles. The molecular weight excluding hydrogens is 172 g/mol. The Morgan fingerprint density at radius 1 is 1.31 bits per heavy atom. The Bertz CT molecular complexity index is 343. The molecule has 1 aromatic carbocycles. The van der Waals surface area contributed by atoms with Crippen LogP contribution in [0.25, 0.3) is 0 Å². The molecule has 0 atom stereocenters. The van der Waals surface area contributed by atoms with Crippen LogP contribution < -0.4 is 5.11 Å². The summed E-state index contributed by atoms with van der Waals surface area (Å²) in [5, 5.41) is 18.9. The van der Waals surface area contributed by atoms with Crippen molar-refractivity contribution in [1.82, 2.24) is 0 Å². The predicted octanol–water partition coefficient (Wildman–Crippen LogP) is -0.323. The van der Waals surface area contributed by atoms with E-state index < -0.39 is 11.9 Å². The van der Waals surface area contributed by atoms with Gasteiger partial charge in [0.25, 0.3) is 0 Å². The van der Waals surface area contributed by atoms with Crippen molar-refractivity contribution in [3.05, 3.63) is 35.4 Å². The summed E-state index contributed by atoms with van der Waals surface area (Å²) in [4.78, 5) is 20.8. The lowest BCUT2D eigenvalue weighted by Gasteiger charge is -2.05. The Kier molecular flexibility index (Phi) is 2.64. The molecule has 4 nitrogen and oxygen atoms in total. The maximum absolute atomic E-state index is 10.6. The summed E-state index contributed by atoms with van der Waals surface area (Å²) in [5.74, 6) is -2.41. The Morgan fingerprint density at radius 2 is 1.92 bits per heavy atom. The molecule has 0 amide bonds. The van der Waals surface area contributed by atoms with Crippen LogP contribution in [0.3, 0.4) is 0 Å². The van der Waals surface area contributed by atoms with Crippen LogP contribution in [0.1, 0.15) is 15.9 Å². The normalized spacial score (nSPS) is 9.54. The molecule has 0 bridgehead atoms. The van der Waals surface area contributed by atoms with Crippen LogP contribution in [-0.4, -0.2) is 17.0 Å². The zero-order chi connectivity index (χ0) is 9.84. The fourth-order valence-corrected chi connectivity index (χ4v) is 1.04. The van der Waals surface area contributed by atoms with E-state index in [0.29, 0.717) is 0 Å². The van der Waals surface area contributed by atoms with Crippen LogP contribution in [-0.2, 0) is 11.2 Å². The zero-order valence-electron chi connectivity index (χ0n) is 6.69. The molecule has 0 fully saturated rings. The third-order valence-electron chi connectivity index (χ3n) is 1.58. The molecule has 4 heteroatoms. The Hall–Kier alpha value is -1.84. The van der Waals surface area contributed by atoms with Crippen LogP contribution in [0, 0.1) is 0 Å². The van der Waals surface area contributed by atoms with E-state index in [-0.39, 0.29) is 17.5 Å². The number of aliphatic carboxylic acids is 1. The molecule has 0 aromatic heterocycles. The van der Waals surface area contributed by atoms with Crippen LogP contribution in [0.2, 0.25) is 0 Å². The molecule has 1 rings (SSSR count). The summed E-state index contributed by atoms with van der Waals surface area (Å²) in [7, 11) is 0. The first kappa shape index (κ1) is 9.25. The van der Waals surface area contributed by atoms with Gasteiger partial charge in [-0.1, -0.05) is 18.2 Å². The molecular formula is C9H7O4-. The van der Waals surface area contributed by atoms with Gasteiger partial charge in [-0.05, 0) is 11.6 Å². The second-order valence-electron chi connectivity index (χ2n) is 2.51. The fourth-order valence-electron chi connectivity index (χ4n) is 1.04. The van der Waals surface area contributed by atoms with E-state index in [1.165, 1.54) is 12.1 Å². The number of hydrogen-bond donors (Lipinski definition) is 1. The first-order valence-corrected chi connectivity index (χ1v) is 3.62. The number of aromatic carboxylic acids is 1. The van der Waals surface area contributed by atoms with Gasteiger partial charge in [0.1, 0.15) is 0 Å². The van der Waals surface area contributed by atoms with Gasteiger partial charge < -0.3 is 15.0 Å². The molecule has 68 valence electrons. The van der Waals surface area contributed by atoms with Gasteiger partial charge in [-0.2, -0.15) is 0 Å². The molecule has 0 heterocycles. The average Bonchev–Trinajstić information content (AvgIpc) is 2.03. The van der Waals surface area contributed by atoms with Crippen molar-refractivity contribution >= 4 is 11.9 Å². The maximum Gasteiger partial charge on any atom is 0.335 e. The molecule has 0 aliphatic rings. The van der Waals surface area contributed by atoms with Gasteiger partial charge in [0.15, 0.2) is 0 Å². The molecule has 0 saturated carbocycles. The highest BCUT2D eigenvalue weighted by Gasteiger charge is 2.07. The minimum absolute atomic E-state index is 0.00620. The van der Waals surface area contributed by atoms with Crippen molar-refractivity contribution in [3.8, 4) is 0 Å². The maximum atomic E-state index is 10.6. The Morgan fingerprint density at radius 3 is 2.46 bits per heavy atom. The third-order valence-corrected chi connectivity index (χ3v) is 1.58. The number of hydrogen-bond acceptors (Lipinski definition) is 3. The van der Waals surface area contributed by atoms with Crippen molar-refractivity contribution in [2.75, 3.05) is 0 Å². The highest BCUT2D eigenvalue weighted by atomic mass is 16.4. The second-order valence-corrected chi connectivity index (χ2v) is 2.51. The molecule has 0 radical (unpaired) electrons. The standard InChI is InChI=1S/C9H8O4/c10-8(11)5-6-3-1-2-4-7(6)9(12)13/h1-4H,5H2,(H,10,11)(H,12,13)/p-1. The first-order valence-electron chi connectivity index (χ1n) is 3.62. The van der Waals surface area contributed by atoms with Crippen molar-refractivity contribution in [2.24, 2.45) is 0 Å². The highest BCUT2D eigenvalue weighted by Crippen LogP contribution is 2.08. The third kappa shape index (κ3) is 2.30. The van der Waals surface area contributed by atoms with Gasteiger partial charge in [0.2, 0.25) is 0 Å². The van der Waals surface area contributed by atoms with Gasteiger partial charge in [-0.15, -0.1) is 0 Å². The number of rotatable bonds is 3. The van der Waals surface area contributed by atoms with Gasteiger partial charge >= 0.3 is 5.97 Å². The number of carbonyl (C=O) groups excluding carboxylic acids is 1. The molecule has 0 aliphatic carbocycles. The van der Waals surface area contributed by atoms with E-state index >= 15 is 0 Å². The van der Waals surface area contributed by atoms with E-state index in [0.717, 1.165) is 0 Å². The van der Waals surface area contributed by atoms with Gasteiger partial charge in [-0.25, -0.2) is 4.79 Å². The molecule has 0 unspecified atom stereocenters. The molecule has 13 heavy (non-hydrogen) atoms. The summed E-state index contributed by atoms with van der Waals surface area (Å²) in [5.41, 5.74) is 0.265. The largest absolute Gasteiger partial charge is 0.550 e. The van der Waals surface area contributed by atoms with Gasteiger partial charge in [-0.3, -0.25) is 0 Å². The lowest BCUT2D eigenvalue weighted by molar-refractivity contribution is -0.304. The van der Waals surface area contributed by atoms with E-state index in [1.54, 1.807) is 12.1 Å². The fraction of sp³-hybridized carbons (Fsp3) is 0.111. The Balaban J connectivity index is 3.04. The summed E-state index contributed by atoms with van der Waals surface area (Å²) in [6, 6.07) is 5.95. The smallest absolute Gasteiger partial charge is 0.335 e. The number of carbonyl (C=O) groups is 2. The summed E-state index contributed by atoms with van der Waals surface area (Å²) >= 11 is 0. The minimum Gasteiger partial charge on any atom is -0.550 e. The summed E-state index contributed by atoms with van der Waals surface area (Å²) in [6.07, 6.45) is -0.373. The molecule has 0 spiro atoms. The quantitative estimate of drug-likeness (QED) is 0.689. The van der Waals surface area contributed by atoms with Crippen LogP contribution >= 0.6 is 0 Å². The Labute approximate surface area is 74.4 Å². The van der Waals surface area contributed by atoms with Crippen molar-refractivity contribution in [2.45, 2.75) is 6.42 Å². The second kappa shape index (κ2) is 3.71. The van der Waals surface area contributed by atoms with Crippen molar-refractivity contribution < 1.29 is 19.8 Å². The van der Waals surface area contributed by atoms with Crippen molar-refractivity contribution in [3.63, 3.8) is 0 Å². The monoisotopic (exact) mass is 179 g/mol. The topological polar surface area (TPSA) is 77.4 Å². The highest BCUT2D eigenvalue weighted by molar-refractivity contribution is 5.90. The lowest BCUT2D eigenvalue weighted by atomic mass is 10.1. The van der Waals surface area contributed by atoms with Crippen LogP contribution in [0.4, 0.5) is 0 Å². The predicted molar refractivity (Wildman–Crippen MR) is 42.1 cm³/mol. The van der Waals surface area contributed by atoms with Gasteiger partial charge in [0.05, 0.1) is 5.56 Å². The van der Waals surface area contributed by atoms with Crippen LogP contribution in [0.15, 0.2) is 24.3 Å². The molecule has 1 N–H and O–H groups in total. The summed E-state index contributed by atoms with van der Waals surface area (Å²) in [6.45, 7) is 0. The minimum atomic E-state index is -1.28. The van der Waals surface area contributed by atoms with Crippen LogP contribution in [0.5, 0.6) is 0 Å². The van der Waals surface area contributed by atoms with E-state index in [4.69, 9.17) is 5.11 Å². The van der Waals surface area contributed by atoms with E-state index in [9.17, 15) is 14.7 Å². The average molecular weight is 179 g/mol. The lowest BCUT2D eigenvalue weighted by Crippen LogP contribution is -2.25. The van der Waals surface area contributed by atoms with E-state index in [1.807, 2.05) is 0 Å². The van der Waals surface area contributed by atoms with Gasteiger partial charge in [0, 0.05) is 12.4 Å². The van der Waals surface area contributed by atoms with E-state index in [2.05, 4.69) is 0 Å². The number of carboxylic acids is 2. The zero-order valence-corrected chi connectivity index (χ0v) is 6.69. The first-order chi connectivity index (χ1) is 6.11. The number of carboxylic acid groups (broad SMARTS) is 2. The molecule has 1 aromatic rings. The SMILES string of the molecule is O=C([O-])Cc1ccccc1C(=O)O. The number of benzene rings is 1. The molecule has 0 aliphatic heterocycles. The van der Waals surface area contributed by atoms with Crippen molar-refractivity contribution in [1.29, 1.82) is 0 Å². The summed E-state index contributed by atoms with van der Waals surface area (Å²) < 4.78 is 0.